The zero-order valence-corrected chi connectivity index (χ0v) is 16.0. The summed E-state index contributed by atoms with van der Waals surface area (Å²) in [6, 6.07) is 2.11. The fraction of sp³-hybridized carbons (Fsp3) is 0.588. The van der Waals surface area contributed by atoms with Crippen molar-refractivity contribution in [1.29, 1.82) is 0 Å². The topological polar surface area (TPSA) is 93.7 Å². The lowest BCUT2D eigenvalue weighted by atomic mass is 9.80. The molecule has 2 N–H and O–H groups in total. The minimum Gasteiger partial charge on any atom is -0.465 e. The Kier molecular flexibility index (Phi) is 6.73. The molecule has 7 nitrogen and oxygen atoms in total. The number of piperidine rings is 1. The highest BCUT2D eigenvalue weighted by atomic mass is 32.2. The largest absolute Gasteiger partial charge is 0.465 e. The third-order valence-corrected chi connectivity index (χ3v) is 6.29. The lowest BCUT2D eigenvalue weighted by Gasteiger charge is -2.37. The molecule has 0 radical (unpaired) electrons. The Morgan fingerprint density at radius 1 is 1.31 bits per heavy atom. The minimum atomic E-state index is -4.01. The molecule has 1 heterocycles. The van der Waals surface area contributed by atoms with Crippen LogP contribution in [0.4, 0.5) is 4.39 Å². The number of benzene rings is 1. The van der Waals surface area contributed by atoms with Crippen LogP contribution in [-0.4, -0.2) is 54.8 Å². The molecule has 9 heteroatoms. The number of hydrogen-bond donors (Lipinski definition) is 2. The molecule has 1 aromatic carbocycles. The van der Waals surface area contributed by atoms with Crippen molar-refractivity contribution in [2.45, 2.75) is 24.7 Å². The van der Waals surface area contributed by atoms with Gasteiger partial charge in [-0.2, -0.15) is 0 Å². The molecular formula is C17H25FN2O5S. The van der Waals surface area contributed by atoms with E-state index in [0.29, 0.717) is 6.61 Å². The van der Waals surface area contributed by atoms with Gasteiger partial charge in [0.1, 0.15) is 5.82 Å². The first kappa shape index (κ1) is 20.8. The molecule has 0 bridgehead atoms. The molecule has 2 rings (SSSR count). The van der Waals surface area contributed by atoms with E-state index in [1.54, 1.807) is 7.11 Å². The van der Waals surface area contributed by atoms with Gasteiger partial charge in [-0.25, -0.2) is 22.3 Å². The molecule has 1 aliphatic rings. The van der Waals surface area contributed by atoms with E-state index in [4.69, 9.17) is 4.74 Å². The predicted molar refractivity (Wildman–Crippen MR) is 94.1 cm³/mol. The second kappa shape index (κ2) is 8.43. The monoisotopic (exact) mass is 388 g/mol. The summed E-state index contributed by atoms with van der Waals surface area (Å²) in [5.74, 6) is -1.57. The van der Waals surface area contributed by atoms with Gasteiger partial charge in [-0.1, -0.05) is 0 Å². The van der Waals surface area contributed by atoms with Gasteiger partial charge >= 0.3 is 5.97 Å². The van der Waals surface area contributed by atoms with Crippen LogP contribution in [0.25, 0.3) is 0 Å². The molecule has 0 aliphatic carbocycles. The first-order chi connectivity index (χ1) is 12.2. The number of methoxy groups -OCH3 is 2. The number of hydrogen-bond acceptors (Lipinski definition) is 6. The van der Waals surface area contributed by atoms with Crippen LogP contribution in [0.2, 0.25) is 0 Å². The van der Waals surface area contributed by atoms with Gasteiger partial charge in [0.2, 0.25) is 10.0 Å². The second-order valence-corrected chi connectivity index (χ2v) is 8.32. The quantitative estimate of drug-likeness (QED) is 0.682. The first-order valence-corrected chi connectivity index (χ1v) is 9.81. The summed E-state index contributed by atoms with van der Waals surface area (Å²) in [6.45, 7) is 3.51. The molecule has 0 unspecified atom stereocenters. The fourth-order valence-corrected chi connectivity index (χ4v) is 4.56. The maximum Gasteiger partial charge on any atom is 0.337 e. The van der Waals surface area contributed by atoms with E-state index in [-0.39, 0.29) is 28.0 Å². The van der Waals surface area contributed by atoms with E-state index in [1.807, 2.05) is 0 Å². The third-order valence-electron chi connectivity index (χ3n) is 4.76. The number of halogens is 1. The lowest BCUT2D eigenvalue weighted by Crippen LogP contribution is -2.47. The SMILES string of the molecule is COCC1(CNS(=O)(=O)c2cc(C(=O)OC)cc(F)c2C)CCNCC1. The van der Waals surface area contributed by atoms with Crippen molar-refractivity contribution in [3.05, 3.63) is 29.1 Å². The van der Waals surface area contributed by atoms with Crippen molar-refractivity contribution < 1.29 is 27.1 Å². The first-order valence-electron chi connectivity index (χ1n) is 8.32. The van der Waals surface area contributed by atoms with Crippen LogP contribution in [0.3, 0.4) is 0 Å². The molecule has 1 aliphatic heterocycles. The van der Waals surface area contributed by atoms with Gasteiger partial charge in [0.15, 0.2) is 0 Å². The Morgan fingerprint density at radius 2 is 1.96 bits per heavy atom. The highest BCUT2D eigenvalue weighted by Gasteiger charge is 2.34. The lowest BCUT2D eigenvalue weighted by molar-refractivity contribution is 0.0577. The van der Waals surface area contributed by atoms with Crippen molar-refractivity contribution in [2.24, 2.45) is 5.41 Å². The molecule has 1 fully saturated rings. The van der Waals surface area contributed by atoms with E-state index in [2.05, 4.69) is 14.8 Å². The van der Waals surface area contributed by atoms with Gasteiger partial charge in [0.05, 0.1) is 24.2 Å². The summed E-state index contributed by atoms with van der Waals surface area (Å²) in [4.78, 5) is 11.4. The minimum absolute atomic E-state index is 0.0451. The van der Waals surface area contributed by atoms with Crippen LogP contribution >= 0.6 is 0 Å². The maximum atomic E-state index is 14.1. The van der Waals surface area contributed by atoms with E-state index in [0.717, 1.165) is 45.2 Å². The Bertz CT molecular complexity index is 755. The number of nitrogens with one attached hydrogen (secondary N) is 2. The number of esters is 1. The third kappa shape index (κ3) is 4.59. The van der Waals surface area contributed by atoms with Crippen LogP contribution in [0, 0.1) is 18.2 Å². The summed E-state index contributed by atoms with van der Waals surface area (Å²) < 4.78 is 52.1. The standard InChI is InChI=1S/C17H25FN2O5S/c1-12-14(18)8-13(16(21)25-3)9-15(12)26(22,23)20-10-17(11-24-2)4-6-19-7-5-17/h8-9,19-20H,4-7,10-11H2,1-3H3. The predicted octanol–water partition coefficient (Wildman–Crippen LogP) is 1.22. The van der Waals surface area contributed by atoms with Crippen molar-refractivity contribution in [3.8, 4) is 0 Å². The van der Waals surface area contributed by atoms with Gasteiger partial charge in [-0.15, -0.1) is 0 Å². The number of carbonyl (C=O) groups excluding carboxylic acids is 1. The van der Waals surface area contributed by atoms with Gasteiger partial charge in [-0.3, -0.25) is 0 Å². The maximum absolute atomic E-state index is 14.1. The number of sulfonamides is 1. The zero-order valence-electron chi connectivity index (χ0n) is 15.2. The molecule has 0 amide bonds. The highest BCUT2D eigenvalue weighted by Crippen LogP contribution is 2.29. The molecule has 0 atom stereocenters. The Balaban J connectivity index is 2.29. The number of carbonyl (C=O) groups is 1. The average Bonchev–Trinajstić information content (AvgIpc) is 2.62. The van der Waals surface area contributed by atoms with Crippen LogP contribution in [0.15, 0.2) is 17.0 Å². The molecule has 26 heavy (non-hydrogen) atoms. The van der Waals surface area contributed by atoms with Gasteiger partial charge in [-0.05, 0) is 45.0 Å². The Hall–Kier alpha value is -1.55. The summed E-state index contributed by atoms with van der Waals surface area (Å²) in [7, 11) is -1.28. The van der Waals surface area contributed by atoms with Gasteiger partial charge in [0.25, 0.3) is 0 Å². The molecule has 0 spiro atoms. The van der Waals surface area contributed by atoms with E-state index in [9.17, 15) is 17.6 Å². The molecular weight excluding hydrogens is 363 g/mol. The molecule has 1 aromatic rings. The van der Waals surface area contributed by atoms with E-state index in [1.165, 1.54) is 6.92 Å². The summed E-state index contributed by atoms with van der Waals surface area (Å²) in [5.41, 5.74) is -0.514. The van der Waals surface area contributed by atoms with Gasteiger partial charge < -0.3 is 14.8 Å². The van der Waals surface area contributed by atoms with E-state index < -0.39 is 21.8 Å². The summed E-state index contributed by atoms with van der Waals surface area (Å²) in [5, 5.41) is 3.24. The summed E-state index contributed by atoms with van der Waals surface area (Å²) in [6.07, 6.45) is 1.53. The normalized spacial score (nSPS) is 17.1. The van der Waals surface area contributed by atoms with Crippen molar-refractivity contribution in [3.63, 3.8) is 0 Å². The zero-order chi connectivity index (χ0) is 19.4. The van der Waals surface area contributed by atoms with Crippen LogP contribution < -0.4 is 10.0 Å². The fourth-order valence-electron chi connectivity index (χ4n) is 3.13. The van der Waals surface area contributed by atoms with E-state index >= 15 is 0 Å². The number of rotatable bonds is 7. The number of ether oxygens (including phenoxy) is 2. The smallest absolute Gasteiger partial charge is 0.337 e. The van der Waals surface area contributed by atoms with Crippen LogP contribution in [0.1, 0.15) is 28.8 Å². The molecule has 0 aromatic heterocycles. The molecule has 0 saturated carbocycles. The second-order valence-electron chi connectivity index (χ2n) is 6.58. The highest BCUT2D eigenvalue weighted by molar-refractivity contribution is 7.89. The van der Waals surface area contributed by atoms with Crippen molar-refractivity contribution in [1.82, 2.24) is 10.0 Å². The van der Waals surface area contributed by atoms with Crippen molar-refractivity contribution in [2.75, 3.05) is 40.5 Å². The Labute approximate surface area is 153 Å². The average molecular weight is 388 g/mol. The Morgan fingerprint density at radius 3 is 2.54 bits per heavy atom. The van der Waals surface area contributed by atoms with Crippen LogP contribution in [0.5, 0.6) is 0 Å². The molecule has 146 valence electrons. The van der Waals surface area contributed by atoms with Crippen molar-refractivity contribution >= 4 is 16.0 Å². The molecule has 1 saturated heterocycles. The van der Waals surface area contributed by atoms with Crippen LogP contribution in [-0.2, 0) is 19.5 Å². The van der Waals surface area contributed by atoms with Gasteiger partial charge in [0, 0.05) is 24.6 Å². The summed E-state index contributed by atoms with van der Waals surface area (Å²) >= 11 is 0.